The molecule has 0 aliphatic heterocycles. The van der Waals surface area contributed by atoms with Crippen LogP contribution in [0, 0.1) is 0 Å². The number of benzene rings is 2. The number of nitrogens with one attached hydrogen (secondary N) is 1. The lowest BCUT2D eigenvalue weighted by atomic mass is 10.0. The van der Waals surface area contributed by atoms with Gasteiger partial charge in [-0.25, -0.2) is 0 Å². The largest absolute Gasteiger partial charge is 0.346 e. The summed E-state index contributed by atoms with van der Waals surface area (Å²) in [6.07, 6.45) is 1.72. The molecule has 3 rings (SSSR count). The molecule has 1 heterocycles. The maximum atomic E-state index is 12.3. The Morgan fingerprint density at radius 2 is 1.64 bits per heavy atom. The Morgan fingerprint density at radius 1 is 0.864 bits per heavy atom. The number of nitrogens with zero attached hydrogens (tertiary/aromatic N) is 1. The van der Waals surface area contributed by atoms with Crippen LogP contribution in [0.5, 0.6) is 0 Å². The van der Waals surface area contributed by atoms with Crippen molar-refractivity contribution in [1.29, 1.82) is 0 Å². The van der Waals surface area contributed by atoms with E-state index in [9.17, 15) is 4.79 Å². The number of rotatable bonds is 4. The zero-order valence-corrected chi connectivity index (χ0v) is 12.1. The normalized spacial score (nSPS) is 10.2. The molecule has 0 bridgehead atoms. The zero-order chi connectivity index (χ0) is 15.2. The Hall–Kier alpha value is -2.94. The molecule has 3 heteroatoms. The molecule has 3 aromatic rings. The van der Waals surface area contributed by atoms with E-state index in [4.69, 9.17) is 0 Å². The summed E-state index contributed by atoms with van der Waals surface area (Å²) in [5, 5.41) is 2.89. The second kappa shape index (κ2) is 6.68. The van der Waals surface area contributed by atoms with Gasteiger partial charge in [0.2, 0.25) is 0 Å². The highest BCUT2D eigenvalue weighted by Crippen LogP contribution is 2.19. The maximum absolute atomic E-state index is 12.3. The van der Waals surface area contributed by atoms with Gasteiger partial charge in [-0.1, -0.05) is 48.5 Å². The minimum Gasteiger partial charge on any atom is -0.346 e. The summed E-state index contributed by atoms with van der Waals surface area (Å²) in [4.78, 5) is 16.5. The highest BCUT2D eigenvalue weighted by molar-refractivity contribution is 5.95. The zero-order valence-electron chi connectivity index (χ0n) is 12.1. The van der Waals surface area contributed by atoms with Gasteiger partial charge in [-0.3, -0.25) is 9.78 Å². The van der Waals surface area contributed by atoms with Crippen molar-refractivity contribution in [3.05, 3.63) is 90.3 Å². The molecule has 0 radical (unpaired) electrons. The molecule has 0 saturated heterocycles. The first-order valence-electron chi connectivity index (χ1n) is 7.16. The third-order valence-electron chi connectivity index (χ3n) is 3.39. The number of amides is 1. The van der Waals surface area contributed by atoms with Crippen LogP contribution in [0.4, 0.5) is 0 Å². The minimum absolute atomic E-state index is 0.0940. The predicted molar refractivity (Wildman–Crippen MR) is 87.3 cm³/mol. The van der Waals surface area contributed by atoms with E-state index in [-0.39, 0.29) is 5.91 Å². The Kier molecular flexibility index (Phi) is 4.25. The Labute approximate surface area is 129 Å². The van der Waals surface area contributed by atoms with Crippen molar-refractivity contribution >= 4 is 5.91 Å². The van der Waals surface area contributed by atoms with Crippen molar-refractivity contribution in [2.45, 2.75) is 6.54 Å². The average molecular weight is 288 g/mol. The molecule has 0 atom stereocenters. The van der Waals surface area contributed by atoms with E-state index >= 15 is 0 Å². The monoisotopic (exact) mass is 288 g/mol. The fourth-order valence-electron chi connectivity index (χ4n) is 2.25. The number of aromatic nitrogens is 1. The highest BCUT2D eigenvalue weighted by atomic mass is 16.1. The van der Waals surface area contributed by atoms with Crippen LogP contribution < -0.4 is 5.32 Å². The lowest BCUT2D eigenvalue weighted by molar-refractivity contribution is 0.0950. The predicted octanol–water partition coefficient (Wildman–Crippen LogP) is 3.68. The van der Waals surface area contributed by atoms with Crippen molar-refractivity contribution in [1.82, 2.24) is 10.3 Å². The summed E-state index contributed by atoms with van der Waals surface area (Å²) in [5.74, 6) is -0.0940. The van der Waals surface area contributed by atoms with Gasteiger partial charge in [0.15, 0.2) is 0 Å². The quantitative estimate of drug-likeness (QED) is 0.795. The second-order valence-electron chi connectivity index (χ2n) is 4.95. The molecular formula is C19H16N2O. The summed E-state index contributed by atoms with van der Waals surface area (Å²) >= 11 is 0. The number of carbonyl (C=O) groups is 1. The van der Waals surface area contributed by atoms with Crippen molar-refractivity contribution in [3.8, 4) is 11.1 Å². The van der Waals surface area contributed by atoms with Crippen LogP contribution in [0.15, 0.2) is 79.0 Å². The van der Waals surface area contributed by atoms with Crippen molar-refractivity contribution in [2.75, 3.05) is 0 Å². The van der Waals surface area contributed by atoms with Crippen LogP contribution in [0.3, 0.4) is 0 Å². The fraction of sp³-hybridized carbons (Fsp3) is 0.0526. The van der Waals surface area contributed by atoms with Gasteiger partial charge in [-0.2, -0.15) is 0 Å². The molecule has 108 valence electrons. The number of hydrogen-bond acceptors (Lipinski definition) is 2. The van der Waals surface area contributed by atoms with Crippen LogP contribution in [0.2, 0.25) is 0 Å². The van der Waals surface area contributed by atoms with Gasteiger partial charge in [-0.15, -0.1) is 0 Å². The van der Waals surface area contributed by atoms with Gasteiger partial charge in [0.1, 0.15) is 0 Å². The number of carbonyl (C=O) groups excluding carboxylic acids is 1. The molecule has 1 amide bonds. The maximum Gasteiger partial charge on any atom is 0.251 e. The van der Waals surface area contributed by atoms with Crippen molar-refractivity contribution < 1.29 is 4.79 Å². The Morgan fingerprint density at radius 3 is 2.41 bits per heavy atom. The fourth-order valence-corrected chi connectivity index (χ4v) is 2.25. The summed E-state index contributed by atoms with van der Waals surface area (Å²) in [6.45, 7) is 0.426. The van der Waals surface area contributed by atoms with Gasteiger partial charge >= 0.3 is 0 Å². The van der Waals surface area contributed by atoms with Crippen LogP contribution >= 0.6 is 0 Å². The van der Waals surface area contributed by atoms with Gasteiger partial charge in [0.05, 0.1) is 12.2 Å². The first-order chi connectivity index (χ1) is 10.8. The van der Waals surface area contributed by atoms with Crippen LogP contribution in [-0.2, 0) is 6.54 Å². The van der Waals surface area contributed by atoms with Crippen molar-refractivity contribution in [2.24, 2.45) is 0 Å². The third-order valence-corrected chi connectivity index (χ3v) is 3.39. The molecule has 0 aliphatic carbocycles. The van der Waals surface area contributed by atoms with Crippen molar-refractivity contribution in [3.63, 3.8) is 0 Å². The first kappa shape index (κ1) is 14.0. The van der Waals surface area contributed by atoms with E-state index < -0.39 is 0 Å². The van der Waals surface area contributed by atoms with Crippen LogP contribution in [0.1, 0.15) is 16.1 Å². The molecule has 1 aromatic heterocycles. The molecule has 3 nitrogen and oxygen atoms in total. The molecule has 0 saturated carbocycles. The summed E-state index contributed by atoms with van der Waals surface area (Å²) in [5.41, 5.74) is 3.63. The first-order valence-corrected chi connectivity index (χ1v) is 7.16. The van der Waals surface area contributed by atoms with E-state index in [1.807, 2.05) is 72.8 Å². The molecule has 0 fully saturated rings. The second-order valence-corrected chi connectivity index (χ2v) is 4.95. The standard InChI is InChI=1S/C19H16N2O/c22-19(21-14-18-11-4-5-12-20-18)17-10-6-9-16(13-17)15-7-2-1-3-8-15/h1-13H,14H2,(H,21,22). The van der Waals surface area contributed by atoms with Crippen LogP contribution in [0.25, 0.3) is 11.1 Å². The summed E-state index contributed by atoms with van der Waals surface area (Å²) in [7, 11) is 0. The Bertz CT molecular complexity index is 755. The topological polar surface area (TPSA) is 42.0 Å². The molecule has 2 aromatic carbocycles. The SMILES string of the molecule is O=C(NCc1ccccn1)c1cccc(-c2ccccc2)c1. The minimum atomic E-state index is -0.0940. The van der Waals surface area contributed by atoms with E-state index in [2.05, 4.69) is 10.3 Å². The lowest BCUT2D eigenvalue weighted by Gasteiger charge is -2.07. The molecule has 0 aliphatic rings. The molecule has 0 spiro atoms. The molecule has 0 unspecified atom stereocenters. The van der Waals surface area contributed by atoms with Gasteiger partial charge in [0.25, 0.3) is 5.91 Å². The number of pyridine rings is 1. The van der Waals surface area contributed by atoms with Gasteiger partial charge < -0.3 is 5.32 Å². The van der Waals surface area contributed by atoms with Gasteiger partial charge in [-0.05, 0) is 35.4 Å². The van der Waals surface area contributed by atoms with E-state index in [1.165, 1.54) is 0 Å². The molecule has 22 heavy (non-hydrogen) atoms. The van der Waals surface area contributed by atoms with E-state index in [1.54, 1.807) is 6.20 Å². The highest BCUT2D eigenvalue weighted by Gasteiger charge is 2.07. The summed E-state index contributed by atoms with van der Waals surface area (Å²) < 4.78 is 0. The number of hydrogen-bond donors (Lipinski definition) is 1. The van der Waals surface area contributed by atoms with Crippen LogP contribution in [-0.4, -0.2) is 10.9 Å². The smallest absolute Gasteiger partial charge is 0.251 e. The lowest BCUT2D eigenvalue weighted by Crippen LogP contribution is -2.23. The van der Waals surface area contributed by atoms with E-state index in [0.29, 0.717) is 12.1 Å². The third kappa shape index (κ3) is 3.38. The average Bonchev–Trinajstić information content (AvgIpc) is 2.61. The van der Waals surface area contributed by atoms with Gasteiger partial charge in [0, 0.05) is 11.8 Å². The van der Waals surface area contributed by atoms with E-state index in [0.717, 1.165) is 16.8 Å². The summed E-state index contributed by atoms with van der Waals surface area (Å²) in [6, 6.07) is 23.3. The Balaban J connectivity index is 1.73. The molecular weight excluding hydrogens is 272 g/mol. The molecule has 1 N–H and O–H groups in total.